The number of aryl methyl sites for hydroxylation is 1. The molecule has 30 heavy (non-hydrogen) atoms. The maximum atomic E-state index is 12.7. The van der Waals surface area contributed by atoms with Gasteiger partial charge >= 0.3 is 0 Å². The Labute approximate surface area is 178 Å². The summed E-state index contributed by atoms with van der Waals surface area (Å²) >= 11 is 0. The molecule has 1 fully saturated rings. The summed E-state index contributed by atoms with van der Waals surface area (Å²) in [6.07, 6.45) is 5.68. The highest BCUT2D eigenvalue weighted by Crippen LogP contribution is 2.19. The average Bonchev–Trinajstić information content (AvgIpc) is 3.18. The van der Waals surface area contributed by atoms with Crippen molar-refractivity contribution in [1.29, 1.82) is 0 Å². The number of hydrogen-bond donors (Lipinski definition) is 1. The molecule has 1 aliphatic rings. The first-order chi connectivity index (χ1) is 14.7. The molecule has 0 radical (unpaired) electrons. The van der Waals surface area contributed by atoms with Crippen molar-refractivity contribution < 1.29 is 4.79 Å². The lowest BCUT2D eigenvalue weighted by atomic mass is 9.95. The van der Waals surface area contributed by atoms with Crippen molar-refractivity contribution in [1.82, 2.24) is 19.8 Å². The van der Waals surface area contributed by atoms with Crippen molar-refractivity contribution in [3.8, 4) is 0 Å². The predicted octanol–water partition coefficient (Wildman–Crippen LogP) is 3.77. The van der Waals surface area contributed by atoms with Gasteiger partial charge in [-0.15, -0.1) is 0 Å². The van der Waals surface area contributed by atoms with E-state index in [0.29, 0.717) is 6.54 Å². The number of carbonyl (C=O) groups excluding carboxylic acids is 1. The van der Waals surface area contributed by atoms with Gasteiger partial charge in [0.15, 0.2) is 0 Å². The zero-order chi connectivity index (χ0) is 20.8. The molecule has 4 rings (SSSR count). The standard InChI is InChI=1S/C25H30N4O/c1-20-26-12-15-29(20)19-23-9-5-8-22(16-23)17-27-25(30)24-10-13-28(14-11-24)18-21-6-3-2-4-7-21/h2-9,12,15-16,24H,10-11,13-14,17-19H2,1H3,(H,27,30). The van der Waals surface area contributed by atoms with Crippen LogP contribution in [0.15, 0.2) is 67.0 Å². The van der Waals surface area contributed by atoms with Gasteiger partial charge in [0.05, 0.1) is 0 Å². The molecule has 156 valence electrons. The van der Waals surface area contributed by atoms with Crippen LogP contribution >= 0.6 is 0 Å². The normalized spacial score (nSPS) is 15.2. The third-order valence-electron chi connectivity index (χ3n) is 5.94. The Kier molecular flexibility index (Phi) is 6.60. The monoisotopic (exact) mass is 402 g/mol. The fourth-order valence-electron chi connectivity index (χ4n) is 4.13. The van der Waals surface area contributed by atoms with Gasteiger partial charge in [-0.1, -0.05) is 54.6 Å². The molecule has 0 spiro atoms. The van der Waals surface area contributed by atoms with Crippen molar-refractivity contribution in [3.05, 3.63) is 89.5 Å². The van der Waals surface area contributed by atoms with Gasteiger partial charge in [0.25, 0.3) is 0 Å². The Balaban J connectivity index is 1.24. The summed E-state index contributed by atoms with van der Waals surface area (Å²) < 4.78 is 2.13. The average molecular weight is 403 g/mol. The highest BCUT2D eigenvalue weighted by Gasteiger charge is 2.24. The van der Waals surface area contributed by atoms with Crippen molar-refractivity contribution >= 4 is 5.91 Å². The summed E-state index contributed by atoms with van der Waals surface area (Å²) in [7, 11) is 0. The zero-order valence-electron chi connectivity index (χ0n) is 17.6. The third kappa shape index (κ3) is 5.36. The summed E-state index contributed by atoms with van der Waals surface area (Å²) in [6.45, 7) is 6.32. The molecule has 1 N–H and O–H groups in total. The number of rotatable bonds is 7. The van der Waals surface area contributed by atoms with Crippen LogP contribution in [-0.2, 0) is 24.4 Å². The molecule has 0 atom stereocenters. The van der Waals surface area contributed by atoms with Crippen LogP contribution in [0, 0.1) is 12.8 Å². The Bertz CT molecular complexity index is 958. The lowest BCUT2D eigenvalue weighted by Crippen LogP contribution is -2.40. The molecule has 5 nitrogen and oxygen atoms in total. The zero-order valence-corrected chi connectivity index (χ0v) is 17.6. The van der Waals surface area contributed by atoms with Crippen LogP contribution < -0.4 is 5.32 Å². The van der Waals surface area contributed by atoms with Gasteiger partial charge in [-0.2, -0.15) is 0 Å². The predicted molar refractivity (Wildman–Crippen MR) is 119 cm³/mol. The number of amides is 1. The van der Waals surface area contributed by atoms with E-state index < -0.39 is 0 Å². The number of piperidine rings is 1. The number of benzene rings is 2. The molecule has 0 aliphatic carbocycles. The van der Waals surface area contributed by atoms with Crippen LogP contribution in [0.3, 0.4) is 0 Å². The minimum atomic E-state index is 0.119. The summed E-state index contributed by atoms with van der Waals surface area (Å²) in [6, 6.07) is 19.0. The minimum absolute atomic E-state index is 0.119. The first kappa shape index (κ1) is 20.4. The van der Waals surface area contributed by atoms with Crippen LogP contribution in [-0.4, -0.2) is 33.4 Å². The van der Waals surface area contributed by atoms with Crippen molar-refractivity contribution in [2.45, 2.75) is 39.4 Å². The molecular weight excluding hydrogens is 372 g/mol. The fraction of sp³-hybridized carbons (Fsp3) is 0.360. The van der Waals surface area contributed by atoms with E-state index in [1.165, 1.54) is 11.1 Å². The second-order valence-corrected chi connectivity index (χ2v) is 8.18. The van der Waals surface area contributed by atoms with Crippen LogP contribution in [0.5, 0.6) is 0 Å². The highest BCUT2D eigenvalue weighted by atomic mass is 16.1. The van der Waals surface area contributed by atoms with Gasteiger partial charge in [-0.25, -0.2) is 4.98 Å². The number of aromatic nitrogens is 2. The second-order valence-electron chi connectivity index (χ2n) is 8.18. The SMILES string of the molecule is Cc1nccn1Cc1cccc(CNC(=O)C2CCN(Cc3ccccc3)CC2)c1. The maximum Gasteiger partial charge on any atom is 0.223 e. The number of nitrogens with zero attached hydrogens (tertiary/aromatic N) is 3. The summed E-state index contributed by atoms with van der Waals surface area (Å²) in [5, 5.41) is 3.15. The number of imidazole rings is 1. The maximum absolute atomic E-state index is 12.7. The molecule has 1 saturated heterocycles. The van der Waals surface area contributed by atoms with E-state index >= 15 is 0 Å². The molecular formula is C25H30N4O. The van der Waals surface area contributed by atoms with E-state index in [2.05, 4.69) is 74.4 Å². The van der Waals surface area contributed by atoms with Gasteiger partial charge < -0.3 is 9.88 Å². The van der Waals surface area contributed by atoms with E-state index in [9.17, 15) is 4.79 Å². The lowest BCUT2D eigenvalue weighted by Gasteiger charge is -2.31. The fourth-order valence-corrected chi connectivity index (χ4v) is 4.13. The molecule has 0 bridgehead atoms. The van der Waals surface area contributed by atoms with E-state index in [-0.39, 0.29) is 11.8 Å². The molecule has 2 heterocycles. The van der Waals surface area contributed by atoms with Gasteiger partial charge in [-0.05, 0) is 49.5 Å². The van der Waals surface area contributed by atoms with Crippen molar-refractivity contribution in [2.24, 2.45) is 5.92 Å². The van der Waals surface area contributed by atoms with Crippen molar-refractivity contribution in [3.63, 3.8) is 0 Å². The Morgan fingerprint density at radius 3 is 2.47 bits per heavy atom. The number of hydrogen-bond acceptors (Lipinski definition) is 3. The number of nitrogens with one attached hydrogen (secondary N) is 1. The lowest BCUT2D eigenvalue weighted by molar-refractivity contribution is -0.126. The smallest absolute Gasteiger partial charge is 0.223 e. The van der Waals surface area contributed by atoms with Gasteiger partial charge in [0.1, 0.15) is 5.82 Å². The molecule has 0 saturated carbocycles. The number of carbonyl (C=O) groups is 1. The largest absolute Gasteiger partial charge is 0.352 e. The Morgan fingerprint density at radius 2 is 1.73 bits per heavy atom. The summed E-state index contributed by atoms with van der Waals surface area (Å²) in [5.41, 5.74) is 3.70. The first-order valence-corrected chi connectivity index (χ1v) is 10.8. The molecule has 1 aliphatic heterocycles. The third-order valence-corrected chi connectivity index (χ3v) is 5.94. The quantitative estimate of drug-likeness (QED) is 0.655. The van der Waals surface area contributed by atoms with Crippen LogP contribution in [0.1, 0.15) is 35.4 Å². The number of likely N-dealkylation sites (tertiary alicyclic amines) is 1. The molecule has 5 heteroatoms. The molecule has 0 unspecified atom stereocenters. The van der Waals surface area contributed by atoms with Gasteiger partial charge in [0, 0.05) is 37.9 Å². The van der Waals surface area contributed by atoms with E-state index in [1.54, 1.807) is 0 Å². The van der Waals surface area contributed by atoms with Crippen LogP contribution in [0.2, 0.25) is 0 Å². The molecule has 2 aromatic carbocycles. The van der Waals surface area contributed by atoms with Gasteiger partial charge in [0.2, 0.25) is 5.91 Å². The summed E-state index contributed by atoms with van der Waals surface area (Å²) in [5.74, 6) is 1.31. The molecule has 3 aromatic rings. The van der Waals surface area contributed by atoms with E-state index in [1.807, 2.05) is 19.3 Å². The molecule has 1 aromatic heterocycles. The van der Waals surface area contributed by atoms with Crippen LogP contribution in [0.4, 0.5) is 0 Å². The second kappa shape index (κ2) is 9.72. The minimum Gasteiger partial charge on any atom is -0.352 e. The van der Waals surface area contributed by atoms with E-state index in [4.69, 9.17) is 0 Å². The Hall–Kier alpha value is -2.92. The topological polar surface area (TPSA) is 50.2 Å². The van der Waals surface area contributed by atoms with Crippen molar-refractivity contribution in [2.75, 3.05) is 13.1 Å². The highest BCUT2D eigenvalue weighted by molar-refractivity contribution is 5.78. The Morgan fingerprint density at radius 1 is 1.00 bits per heavy atom. The van der Waals surface area contributed by atoms with Crippen LogP contribution in [0.25, 0.3) is 0 Å². The summed E-state index contributed by atoms with van der Waals surface area (Å²) in [4.78, 5) is 19.4. The molecule has 1 amide bonds. The van der Waals surface area contributed by atoms with Gasteiger partial charge in [-0.3, -0.25) is 9.69 Å². The first-order valence-electron chi connectivity index (χ1n) is 10.8. The van der Waals surface area contributed by atoms with E-state index in [0.717, 1.165) is 50.4 Å².